The average Bonchev–Trinajstić information content (AvgIpc) is 3.05. The summed E-state index contributed by atoms with van der Waals surface area (Å²) in [5.74, 6) is -0.992. The lowest BCUT2D eigenvalue weighted by Crippen LogP contribution is -2.22. The fraction of sp³-hybridized carbons (Fsp3) is 0.308. The summed E-state index contributed by atoms with van der Waals surface area (Å²) in [6.45, 7) is 1.91. The van der Waals surface area contributed by atoms with Crippen LogP contribution in [0.25, 0.3) is 11.3 Å². The van der Waals surface area contributed by atoms with E-state index in [1.54, 1.807) is 6.07 Å². The molecule has 1 aromatic carbocycles. The van der Waals surface area contributed by atoms with Gasteiger partial charge in [0.2, 0.25) is 0 Å². The highest BCUT2D eigenvalue weighted by molar-refractivity contribution is 5.62. The fourth-order valence-electron chi connectivity index (χ4n) is 2.19. The molecule has 1 saturated heterocycles. The summed E-state index contributed by atoms with van der Waals surface area (Å²) in [5.41, 5.74) is 1.23. The highest BCUT2D eigenvalue weighted by Crippen LogP contribution is 2.22. The highest BCUT2D eigenvalue weighted by Gasteiger charge is 2.15. The summed E-state index contributed by atoms with van der Waals surface area (Å²) in [6.07, 6.45) is 1.05. The first-order valence-electron chi connectivity index (χ1n) is 6.20. The largest absolute Gasteiger partial charge is 0.365 e. The molecule has 0 bridgehead atoms. The van der Waals surface area contributed by atoms with Crippen LogP contribution in [0.5, 0.6) is 0 Å². The molecule has 3 N–H and O–H groups in total. The second-order valence-electron chi connectivity index (χ2n) is 4.63. The van der Waals surface area contributed by atoms with Crippen molar-refractivity contribution in [2.75, 3.05) is 18.4 Å². The molecule has 4 nitrogen and oxygen atoms in total. The summed E-state index contributed by atoms with van der Waals surface area (Å²) < 4.78 is 26.0. The van der Waals surface area contributed by atoms with Gasteiger partial charge in [-0.3, -0.25) is 5.10 Å². The van der Waals surface area contributed by atoms with E-state index in [0.717, 1.165) is 31.6 Å². The van der Waals surface area contributed by atoms with Crippen molar-refractivity contribution in [3.05, 3.63) is 35.9 Å². The second-order valence-corrected chi connectivity index (χ2v) is 4.63. The van der Waals surface area contributed by atoms with Gasteiger partial charge in [-0.1, -0.05) is 0 Å². The lowest BCUT2D eigenvalue weighted by molar-refractivity contribution is 0.509. The Morgan fingerprint density at radius 1 is 1.21 bits per heavy atom. The van der Waals surface area contributed by atoms with E-state index in [4.69, 9.17) is 0 Å². The van der Waals surface area contributed by atoms with Gasteiger partial charge < -0.3 is 10.6 Å². The zero-order valence-corrected chi connectivity index (χ0v) is 10.2. The van der Waals surface area contributed by atoms with E-state index in [2.05, 4.69) is 20.8 Å². The number of anilines is 1. The highest BCUT2D eigenvalue weighted by atomic mass is 19.2. The Hall–Kier alpha value is -1.95. The van der Waals surface area contributed by atoms with Crippen LogP contribution >= 0.6 is 0 Å². The summed E-state index contributed by atoms with van der Waals surface area (Å²) >= 11 is 0. The minimum absolute atomic E-state index is 0.362. The number of halogens is 2. The van der Waals surface area contributed by atoms with Crippen molar-refractivity contribution in [1.82, 2.24) is 15.5 Å². The smallest absolute Gasteiger partial charge is 0.159 e. The standard InChI is InChI=1S/C13H14F2N4/c14-10-2-1-8(5-11(10)15)12-6-13(19-18-12)17-9-3-4-16-7-9/h1-2,5-6,9,16H,3-4,7H2,(H2,17,18,19). The van der Waals surface area contributed by atoms with Crippen LogP contribution in [0.1, 0.15) is 6.42 Å². The maximum absolute atomic E-state index is 13.2. The molecule has 2 aromatic rings. The van der Waals surface area contributed by atoms with Gasteiger partial charge in [-0.15, -0.1) is 0 Å². The van der Waals surface area contributed by atoms with E-state index in [1.165, 1.54) is 6.07 Å². The number of hydrogen-bond acceptors (Lipinski definition) is 3. The van der Waals surface area contributed by atoms with Gasteiger partial charge >= 0.3 is 0 Å². The lowest BCUT2D eigenvalue weighted by atomic mass is 10.1. The molecule has 100 valence electrons. The van der Waals surface area contributed by atoms with E-state index in [9.17, 15) is 8.78 Å². The third-order valence-corrected chi connectivity index (χ3v) is 3.22. The first-order valence-corrected chi connectivity index (χ1v) is 6.20. The molecule has 0 spiro atoms. The second kappa shape index (κ2) is 4.97. The molecule has 0 radical (unpaired) electrons. The fourth-order valence-corrected chi connectivity index (χ4v) is 2.19. The quantitative estimate of drug-likeness (QED) is 0.796. The molecular weight excluding hydrogens is 250 g/mol. The van der Waals surface area contributed by atoms with Gasteiger partial charge in [0.15, 0.2) is 11.6 Å². The molecule has 2 heterocycles. The number of nitrogens with one attached hydrogen (secondary N) is 3. The molecule has 0 aliphatic carbocycles. The predicted octanol–water partition coefficient (Wildman–Crippen LogP) is 2.13. The van der Waals surface area contributed by atoms with E-state index in [-0.39, 0.29) is 0 Å². The van der Waals surface area contributed by atoms with Gasteiger partial charge in [0, 0.05) is 24.2 Å². The maximum Gasteiger partial charge on any atom is 0.159 e. The Morgan fingerprint density at radius 3 is 2.84 bits per heavy atom. The SMILES string of the molecule is Fc1ccc(-c2cc(NC3CCNC3)n[nH]2)cc1F. The first-order chi connectivity index (χ1) is 9.22. The number of aromatic amines is 1. The van der Waals surface area contributed by atoms with Crippen molar-refractivity contribution in [2.45, 2.75) is 12.5 Å². The molecule has 1 atom stereocenters. The summed E-state index contributed by atoms with van der Waals surface area (Å²) in [4.78, 5) is 0. The Morgan fingerprint density at radius 2 is 2.11 bits per heavy atom. The van der Waals surface area contributed by atoms with Gasteiger partial charge in [0.1, 0.15) is 5.82 Å². The number of nitrogens with zero attached hydrogens (tertiary/aromatic N) is 1. The minimum Gasteiger partial charge on any atom is -0.365 e. The van der Waals surface area contributed by atoms with Gasteiger partial charge in [0.25, 0.3) is 0 Å². The molecule has 0 saturated carbocycles. The van der Waals surface area contributed by atoms with Crippen molar-refractivity contribution in [3.63, 3.8) is 0 Å². The zero-order chi connectivity index (χ0) is 13.2. The Labute approximate surface area is 109 Å². The zero-order valence-electron chi connectivity index (χ0n) is 10.2. The van der Waals surface area contributed by atoms with E-state index >= 15 is 0 Å². The van der Waals surface area contributed by atoms with Crippen molar-refractivity contribution >= 4 is 5.82 Å². The van der Waals surface area contributed by atoms with Gasteiger partial charge in [-0.2, -0.15) is 5.10 Å². The summed E-state index contributed by atoms with van der Waals surface area (Å²) in [5, 5.41) is 13.5. The molecule has 1 fully saturated rings. The average molecular weight is 264 g/mol. The predicted molar refractivity (Wildman–Crippen MR) is 68.8 cm³/mol. The van der Waals surface area contributed by atoms with Gasteiger partial charge in [-0.25, -0.2) is 8.78 Å². The number of rotatable bonds is 3. The topological polar surface area (TPSA) is 52.7 Å². The molecule has 19 heavy (non-hydrogen) atoms. The minimum atomic E-state index is -0.860. The van der Waals surface area contributed by atoms with Gasteiger partial charge in [0.05, 0.1) is 5.69 Å². The van der Waals surface area contributed by atoms with Crippen LogP contribution < -0.4 is 10.6 Å². The van der Waals surface area contributed by atoms with Crippen LogP contribution in [0.2, 0.25) is 0 Å². The van der Waals surface area contributed by atoms with Crippen LogP contribution in [-0.2, 0) is 0 Å². The Bertz CT molecular complexity index is 576. The molecule has 1 unspecified atom stereocenters. The Kier molecular flexibility index (Phi) is 3.16. The molecule has 3 rings (SSSR count). The molecule has 1 aliphatic rings. The third kappa shape index (κ3) is 2.58. The number of benzene rings is 1. The van der Waals surface area contributed by atoms with Crippen molar-refractivity contribution < 1.29 is 8.78 Å². The Balaban J connectivity index is 1.78. The monoisotopic (exact) mass is 264 g/mol. The third-order valence-electron chi connectivity index (χ3n) is 3.22. The van der Waals surface area contributed by atoms with E-state index in [1.807, 2.05) is 0 Å². The molecule has 1 aromatic heterocycles. The van der Waals surface area contributed by atoms with Crippen LogP contribution in [0.15, 0.2) is 24.3 Å². The first kappa shape index (κ1) is 12.1. The van der Waals surface area contributed by atoms with Crippen LogP contribution in [0.3, 0.4) is 0 Å². The molecule has 6 heteroatoms. The van der Waals surface area contributed by atoms with Crippen molar-refractivity contribution in [1.29, 1.82) is 0 Å². The normalized spacial score (nSPS) is 18.7. The van der Waals surface area contributed by atoms with Crippen LogP contribution in [0, 0.1) is 11.6 Å². The molecular formula is C13H14F2N4. The van der Waals surface area contributed by atoms with Gasteiger partial charge in [-0.05, 0) is 31.2 Å². The number of H-pyrrole nitrogens is 1. The number of hydrogen-bond donors (Lipinski definition) is 3. The maximum atomic E-state index is 13.2. The summed E-state index contributed by atoms with van der Waals surface area (Å²) in [7, 11) is 0. The van der Waals surface area contributed by atoms with Crippen molar-refractivity contribution in [2.24, 2.45) is 0 Å². The summed E-state index contributed by atoms with van der Waals surface area (Å²) in [6, 6.07) is 5.95. The lowest BCUT2D eigenvalue weighted by Gasteiger charge is -2.08. The van der Waals surface area contributed by atoms with E-state index in [0.29, 0.717) is 23.1 Å². The van der Waals surface area contributed by atoms with Crippen LogP contribution in [0.4, 0.5) is 14.6 Å². The molecule has 0 amide bonds. The molecule has 1 aliphatic heterocycles. The number of aromatic nitrogens is 2. The van der Waals surface area contributed by atoms with Crippen LogP contribution in [-0.4, -0.2) is 29.3 Å². The van der Waals surface area contributed by atoms with E-state index < -0.39 is 11.6 Å². The van der Waals surface area contributed by atoms with Crippen molar-refractivity contribution in [3.8, 4) is 11.3 Å².